The van der Waals surface area contributed by atoms with E-state index in [0.717, 1.165) is 0 Å². The molecule has 2 N–H and O–H groups in total. The number of aromatic nitrogens is 1. The van der Waals surface area contributed by atoms with Crippen LogP contribution in [-0.4, -0.2) is 22.6 Å². The zero-order valence-electron chi connectivity index (χ0n) is 14.8. The number of fused-ring (bicyclic) bond motifs is 1. The molecular formula is C19H18FN3O2S2. The normalized spacial score (nSPS) is 10.8. The Kier molecular flexibility index (Phi) is 5.98. The number of ether oxygens (including phenoxy) is 1. The standard InChI is InChI=1S/C19H18FN3O2S2/c1-11(2)10-25-14-6-3-12(4-7-14)17(24)22-18(26)23-19-21-15-8-5-13(20)9-16(15)27-19/h3-9,11H,10H2,1-2H3,(H2,21,22,23,24,26). The molecule has 0 unspecified atom stereocenters. The van der Waals surface area contributed by atoms with Gasteiger partial charge >= 0.3 is 0 Å². The van der Waals surface area contributed by atoms with Gasteiger partial charge in [-0.2, -0.15) is 0 Å². The maximum Gasteiger partial charge on any atom is 0.257 e. The average molecular weight is 404 g/mol. The molecule has 1 amide bonds. The van der Waals surface area contributed by atoms with Gasteiger partial charge in [0.05, 0.1) is 16.8 Å². The number of hydrogen-bond donors (Lipinski definition) is 2. The van der Waals surface area contributed by atoms with Crippen LogP contribution < -0.4 is 15.4 Å². The molecule has 0 atom stereocenters. The molecule has 0 aliphatic heterocycles. The number of halogens is 1. The molecular weight excluding hydrogens is 385 g/mol. The summed E-state index contributed by atoms with van der Waals surface area (Å²) in [5, 5.41) is 6.07. The van der Waals surface area contributed by atoms with Crippen LogP contribution >= 0.6 is 23.6 Å². The minimum atomic E-state index is -0.338. The third-order valence-electron chi connectivity index (χ3n) is 3.50. The van der Waals surface area contributed by atoms with Crippen molar-refractivity contribution in [1.29, 1.82) is 0 Å². The van der Waals surface area contributed by atoms with E-state index in [-0.39, 0.29) is 16.8 Å². The van der Waals surface area contributed by atoms with E-state index in [1.807, 2.05) is 0 Å². The van der Waals surface area contributed by atoms with E-state index in [1.165, 1.54) is 23.5 Å². The molecule has 0 spiro atoms. The minimum absolute atomic E-state index is 0.125. The Hall–Kier alpha value is -2.58. The third kappa shape index (κ3) is 5.21. The summed E-state index contributed by atoms with van der Waals surface area (Å²) in [7, 11) is 0. The SMILES string of the molecule is CC(C)COc1ccc(C(=O)NC(=S)Nc2nc3ccc(F)cc3s2)cc1. The molecule has 0 radical (unpaired) electrons. The third-order valence-corrected chi connectivity index (χ3v) is 4.64. The fourth-order valence-corrected chi connectivity index (χ4v) is 3.37. The number of nitrogens with one attached hydrogen (secondary N) is 2. The Morgan fingerprint density at radius 3 is 2.70 bits per heavy atom. The van der Waals surface area contributed by atoms with Gasteiger partial charge in [0, 0.05) is 5.56 Å². The summed E-state index contributed by atoms with van der Waals surface area (Å²) in [5.41, 5.74) is 1.12. The van der Waals surface area contributed by atoms with Gasteiger partial charge in [-0.25, -0.2) is 9.37 Å². The van der Waals surface area contributed by atoms with Crippen molar-refractivity contribution in [3.05, 3.63) is 53.8 Å². The summed E-state index contributed by atoms with van der Waals surface area (Å²) in [6, 6.07) is 11.2. The molecule has 0 saturated heterocycles. The van der Waals surface area contributed by atoms with Gasteiger partial charge in [0.2, 0.25) is 0 Å². The topological polar surface area (TPSA) is 63.2 Å². The number of hydrogen-bond acceptors (Lipinski definition) is 5. The number of anilines is 1. The van der Waals surface area contributed by atoms with Crippen molar-refractivity contribution in [1.82, 2.24) is 10.3 Å². The summed E-state index contributed by atoms with van der Waals surface area (Å²) in [4.78, 5) is 16.6. The lowest BCUT2D eigenvalue weighted by Gasteiger charge is -2.10. The van der Waals surface area contributed by atoms with E-state index < -0.39 is 0 Å². The number of benzene rings is 2. The van der Waals surface area contributed by atoms with E-state index in [4.69, 9.17) is 17.0 Å². The Morgan fingerprint density at radius 2 is 2.00 bits per heavy atom. The van der Waals surface area contributed by atoms with E-state index in [1.54, 1.807) is 30.3 Å². The summed E-state index contributed by atoms with van der Waals surface area (Å²) in [6.07, 6.45) is 0. The summed E-state index contributed by atoms with van der Waals surface area (Å²) in [5.74, 6) is 0.475. The fourth-order valence-electron chi connectivity index (χ4n) is 2.22. The van der Waals surface area contributed by atoms with Crippen molar-refractivity contribution in [2.75, 3.05) is 11.9 Å². The predicted molar refractivity (Wildman–Crippen MR) is 110 cm³/mol. The lowest BCUT2D eigenvalue weighted by Crippen LogP contribution is -2.34. The van der Waals surface area contributed by atoms with E-state index >= 15 is 0 Å². The molecule has 5 nitrogen and oxygen atoms in total. The average Bonchev–Trinajstić information content (AvgIpc) is 3.01. The van der Waals surface area contributed by atoms with Gasteiger partial charge < -0.3 is 10.1 Å². The van der Waals surface area contributed by atoms with Crippen LogP contribution in [0.15, 0.2) is 42.5 Å². The highest BCUT2D eigenvalue weighted by Gasteiger charge is 2.11. The molecule has 2 aromatic carbocycles. The fraction of sp³-hybridized carbons (Fsp3) is 0.211. The molecule has 0 fully saturated rings. The van der Waals surface area contributed by atoms with Crippen LogP contribution in [0.3, 0.4) is 0 Å². The second-order valence-electron chi connectivity index (χ2n) is 6.27. The number of carbonyl (C=O) groups is 1. The first-order valence-corrected chi connectivity index (χ1v) is 9.54. The van der Waals surface area contributed by atoms with Gasteiger partial charge in [-0.3, -0.25) is 10.1 Å². The number of rotatable bonds is 5. The monoisotopic (exact) mass is 403 g/mol. The molecule has 8 heteroatoms. The van der Waals surface area contributed by atoms with Crippen LogP contribution in [0.5, 0.6) is 5.75 Å². The molecule has 140 valence electrons. The molecule has 3 rings (SSSR count). The van der Waals surface area contributed by atoms with E-state index in [2.05, 4.69) is 29.5 Å². The Bertz CT molecular complexity index is 971. The number of thiazole rings is 1. The van der Waals surface area contributed by atoms with E-state index in [0.29, 0.717) is 39.2 Å². The first-order valence-electron chi connectivity index (χ1n) is 8.32. The molecule has 3 aromatic rings. The Morgan fingerprint density at radius 1 is 1.26 bits per heavy atom. The van der Waals surface area contributed by atoms with Gasteiger partial charge in [0.25, 0.3) is 5.91 Å². The molecule has 27 heavy (non-hydrogen) atoms. The quantitative estimate of drug-likeness (QED) is 0.610. The van der Waals surface area contributed by atoms with Crippen molar-refractivity contribution in [3.63, 3.8) is 0 Å². The smallest absolute Gasteiger partial charge is 0.257 e. The molecule has 1 aromatic heterocycles. The summed E-state index contributed by atoms with van der Waals surface area (Å²) < 4.78 is 19.5. The van der Waals surface area contributed by atoms with Crippen molar-refractivity contribution in [2.45, 2.75) is 13.8 Å². The summed E-state index contributed by atoms with van der Waals surface area (Å²) >= 11 is 6.42. The van der Waals surface area contributed by atoms with Gasteiger partial charge in [-0.05, 0) is 60.6 Å². The molecule has 0 aliphatic carbocycles. The van der Waals surface area contributed by atoms with Crippen molar-refractivity contribution in [3.8, 4) is 5.75 Å². The number of thiocarbonyl (C=S) groups is 1. The number of carbonyl (C=O) groups excluding carboxylic acids is 1. The van der Waals surface area contributed by atoms with Crippen LogP contribution in [0.25, 0.3) is 10.2 Å². The predicted octanol–water partition coefficient (Wildman–Crippen LogP) is 4.60. The summed E-state index contributed by atoms with van der Waals surface area (Å²) in [6.45, 7) is 4.75. The lowest BCUT2D eigenvalue weighted by molar-refractivity contribution is 0.0977. The molecule has 0 aliphatic rings. The van der Waals surface area contributed by atoms with Crippen LogP contribution in [0.4, 0.5) is 9.52 Å². The van der Waals surface area contributed by atoms with Crippen molar-refractivity contribution >= 4 is 49.9 Å². The van der Waals surface area contributed by atoms with Crippen LogP contribution in [0.1, 0.15) is 24.2 Å². The molecule has 1 heterocycles. The number of amides is 1. The second-order valence-corrected chi connectivity index (χ2v) is 7.71. The van der Waals surface area contributed by atoms with Crippen LogP contribution in [-0.2, 0) is 0 Å². The van der Waals surface area contributed by atoms with Gasteiger partial charge in [0.15, 0.2) is 10.2 Å². The first kappa shape index (κ1) is 19.2. The second kappa shape index (κ2) is 8.41. The largest absolute Gasteiger partial charge is 0.493 e. The molecule has 0 saturated carbocycles. The van der Waals surface area contributed by atoms with Gasteiger partial charge in [-0.1, -0.05) is 25.2 Å². The minimum Gasteiger partial charge on any atom is -0.493 e. The van der Waals surface area contributed by atoms with Crippen LogP contribution in [0.2, 0.25) is 0 Å². The lowest BCUT2D eigenvalue weighted by atomic mass is 10.2. The van der Waals surface area contributed by atoms with Gasteiger partial charge in [0.1, 0.15) is 11.6 Å². The van der Waals surface area contributed by atoms with Crippen molar-refractivity contribution < 1.29 is 13.9 Å². The van der Waals surface area contributed by atoms with Crippen molar-refractivity contribution in [2.24, 2.45) is 5.92 Å². The maximum atomic E-state index is 13.3. The highest BCUT2D eigenvalue weighted by Crippen LogP contribution is 2.26. The highest BCUT2D eigenvalue weighted by molar-refractivity contribution is 7.80. The first-order chi connectivity index (χ1) is 12.9. The highest BCUT2D eigenvalue weighted by atomic mass is 32.1. The Labute approximate surface area is 165 Å². The number of nitrogens with zero attached hydrogens (tertiary/aromatic N) is 1. The van der Waals surface area contributed by atoms with E-state index in [9.17, 15) is 9.18 Å². The van der Waals surface area contributed by atoms with Gasteiger partial charge in [-0.15, -0.1) is 0 Å². The zero-order chi connectivity index (χ0) is 19.4. The maximum absolute atomic E-state index is 13.3. The Balaban J connectivity index is 1.58. The molecule has 0 bridgehead atoms. The van der Waals surface area contributed by atoms with Crippen LogP contribution in [0, 0.1) is 11.7 Å². The zero-order valence-corrected chi connectivity index (χ0v) is 16.4.